The molecule has 118 valence electrons. The Morgan fingerprint density at radius 2 is 2.23 bits per heavy atom. The van der Waals surface area contributed by atoms with E-state index >= 15 is 0 Å². The van der Waals surface area contributed by atoms with Crippen molar-refractivity contribution in [3.05, 3.63) is 29.3 Å². The van der Waals surface area contributed by atoms with Crippen molar-refractivity contribution in [2.75, 3.05) is 6.54 Å². The Morgan fingerprint density at radius 3 is 3.05 bits per heavy atom. The minimum atomic E-state index is 0.340. The van der Waals surface area contributed by atoms with Crippen molar-refractivity contribution in [2.24, 2.45) is 0 Å². The van der Waals surface area contributed by atoms with Gasteiger partial charge in [0.1, 0.15) is 0 Å². The van der Waals surface area contributed by atoms with Gasteiger partial charge in [-0.15, -0.1) is 11.3 Å². The lowest BCUT2D eigenvalue weighted by molar-refractivity contribution is -0.135. The first kappa shape index (κ1) is 15.5. The fraction of sp³-hybridized carbons (Fsp3) is 0.556. The van der Waals surface area contributed by atoms with Crippen molar-refractivity contribution in [1.82, 2.24) is 9.88 Å². The Kier molecular flexibility index (Phi) is 5.08. The lowest BCUT2D eigenvalue weighted by atomic mass is 9.99. The molecule has 0 saturated carbocycles. The number of rotatable bonds is 5. The number of nitrogens with zero attached hydrogens (tertiary/aromatic N) is 2. The zero-order chi connectivity index (χ0) is 15.4. The van der Waals surface area contributed by atoms with Gasteiger partial charge in [0.15, 0.2) is 0 Å². The molecule has 1 fully saturated rings. The molecular formula is C18H24N2OS. The molecule has 2 heterocycles. The molecule has 1 atom stereocenters. The fourth-order valence-electron chi connectivity index (χ4n) is 3.31. The maximum absolute atomic E-state index is 12.4. The van der Waals surface area contributed by atoms with Crippen molar-refractivity contribution < 1.29 is 4.79 Å². The fourth-order valence-corrected chi connectivity index (χ4v) is 4.32. The number of aryl methyl sites for hydroxylation is 1. The lowest BCUT2D eigenvalue weighted by Crippen LogP contribution is -2.43. The molecule has 0 bridgehead atoms. The van der Waals surface area contributed by atoms with Crippen LogP contribution in [0.2, 0.25) is 0 Å². The van der Waals surface area contributed by atoms with Crippen LogP contribution in [0.15, 0.2) is 24.3 Å². The summed E-state index contributed by atoms with van der Waals surface area (Å²) in [7, 11) is 0. The standard InChI is InChI=1S/C18H24N2OS/c1-2-14-8-5-6-13-20(14)18(21)12-7-11-17-19-15-9-3-4-10-16(15)22-17/h3-4,9-10,14H,2,5-8,11-13H2,1H3. The van der Waals surface area contributed by atoms with E-state index in [1.165, 1.54) is 24.0 Å². The van der Waals surface area contributed by atoms with E-state index in [4.69, 9.17) is 0 Å². The maximum atomic E-state index is 12.4. The summed E-state index contributed by atoms with van der Waals surface area (Å²) in [6.07, 6.45) is 7.19. The van der Waals surface area contributed by atoms with Gasteiger partial charge in [0, 0.05) is 19.0 Å². The number of hydrogen-bond acceptors (Lipinski definition) is 3. The third-order valence-corrected chi connectivity index (χ3v) is 5.63. The van der Waals surface area contributed by atoms with Crippen LogP contribution >= 0.6 is 11.3 Å². The Balaban J connectivity index is 1.52. The molecule has 1 aromatic carbocycles. The maximum Gasteiger partial charge on any atom is 0.222 e. The third kappa shape index (κ3) is 3.49. The highest BCUT2D eigenvalue weighted by atomic mass is 32.1. The summed E-state index contributed by atoms with van der Waals surface area (Å²) in [6, 6.07) is 8.72. The van der Waals surface area contributed by atoms with Gasteiger partial charge in [-0.1, -0.05) is 19.1 Å². The molecule has 1 aliphatic rings. The van der Waals surface area contributed by atoms with Crippen molar-refractivity contribution in [2.45, 2.75) is 57.9 Å². The smallest absolute Gasteiger partial charge is 0.222 e. The van der Waals surface area contributed by atoms with Crippen molar-refractivity contribution in [1.29, 1.82) is 0 Å². The summed E-state index contributed by atoms with van der Waals surface area (Å²) < 4.78 is 1.24. The number of carbonyl (C=O) groups excluding carboxylic acids is 1. The SMILES string of the molecule is CCC1CCCCN1C(=O)CCCc1nc2ccccc2s1. The minimum absolute atomic E-state index is 0.340. The van der Waals surface area contributed by atoms with Gasteiger partial charge in [-0.3, -0.25) is 4.79 Å². The van der Waals surface area contributed by atoms with Crippen LogP contribution in [-0.2, 0) is 11.2 Å². The first-order valence-electron chi connectivity index (χ1n) is 8.42. The molecule has 3 rings (SSSR count). The van der Waals surface area contributed by atoms with Gasteiger partial charge < -0.3 is 4.90 Å². The highest BCUT2D eigenvalue weighted by molar-refractivity contribution is 7.18. The van der Waals surface area contributed by atoms with Crippen LogP contribution in [0.25, 0.3) is 10.2 Å². The van der Waals surface area contributed by atoms with Gasteiger partial charge in [0.25, 0.3) is 0 Å². The van der Waals surface area contributed by atoms with Crippen molar-refractivity contribution >= 4 is 27.5 Å². The first-order chi connectivity index (χ1) is 10.8. The number of piperidine rings is 1. The molecule has 0 radical (unpaired) electrons. The van der Waals surface area contributed by atoms with Crippen LogP contribution in [0.3, 0.4) is 0 Å². The average molecular weight is 316 g/mol. The topological polar surface area (TPSA) is 33.2 Å². The summed E-state index contributed by atoms with van der Waals surface area (Å²) in [4.78, 5) is 19.2. The van der Waals surface area contributed by atoms with Gasteiger partial charge in [-0.25, -0.2) is 4.98 Å². The number of benzene rings is 1. The molecule has 4 heteroatoms. The molecule has 0 aliphatic carbocycles. The Morgan fingerprint density at radius 1 is 1.36 bits per heavy atom. The summed E-state index contributed by atoms with van der Waals surface area (Å²) in [5.41, 5.74) is 1.08. The van der Waals surface area contributed by atoms with E-state index in [0.717, 1.165) is 36.3 Å². The summed E-state index contributed by atoms with van der Waals surface area (Å²) in [5, 5.41) is 1.15. The summed E-state index contributed by atoms with van der Waals surface area (Å²) >= 11 is 1.75. The van der Waals surface area contributed by atoms with Gasteiger partial charge in [0.2, 0.25) is 5.91 Å². The largest absolute Gasteiger partial charge is 0.340 e. The van der Waals surface area contributed by atoms with Gasteiger partial charge >= 0.3 is 0 Å². The monoisotopic (exact) mass is 316 g/mol. The molecule has 0 spiro atoms. The average Bonchev–Trinajstić information content (AvgIpc) is 2.97. The van der Waals surface area contributed by atoms with E-state index in [9.17, 15) is 4.79 Å². The number of para-hydroxylation sites is 1. The number of hydrogen-bond donors (Lipinski definition) is 0. The molecule has 1 aromatic heterocycles. The zero-order valence-corrected chi connectivity index (χ0v) is 14.1. The predicted molar refractivity (Wildman–Crippen MR) is 92.2 cm³/mol. The normalized spacial score (nSPS) is 18.8. The quantitative estimate of drug-likeness (QED) is 0.818. The lowest BCUT2D eigenvalue weighted by Gasteiger charge is -2.35. The summed E-state index contributed by atoms with van der Waals surface area (Å²) in [6.45, 7) is 3.15. The van der Waals surface area contributed by atoms with E-state index in [0.29, 0.717) is 18.4 Å². The first-order valence-corrected chi connectivity index (χ1v) is 9.23. The Hall–Kier alpha value is -1.42. The van der Waals surface area contributed by atoms with Crippen LogP contribution in [0, 0.1) is 0 Å². The Labute approximate surface area is 136 Å². The van der Waals surface area contributed by atoms with Gasteiger partial charge in [-0.2, -0.15) is 0 Å². The second-order valence-electron chi connectivity index (χ2n) is 6.07. The zero-order valence-electron chi connectivity index (χ0n) is 13.3. The second kappa shape index (κ2) is 7.23. The number of likely N-dealkylation sites (tertiary alicyclic amines) is 1. The second-order valence-corrected chi connectivity index (χ2v) is 7.19. The molecule has 1 saturated heterocycles. The number of carbonyl (C=O) groups is 1. The van der Waals surface area contributed by atoms with Crippen LogP contribution in [0.1, 0.15) is 50.5 Å². The Bertz CT molecular complexity index is 604. The predicted octanol–water partition coefficient (Wildman–Crippen LogP) is 4.41. The van der Waals surface area contributed by atoms with Crippen molar-refractivity contribution in [3.8, 4) is 0 Å². The molecule has 3 nitrogen and oxygen atoms in total. The molecule has 1 amide bonds. The number of thiazole rings is 1. The summed E-state index contributed by atoms with van der Waals surface area (Å²) in [5.74, 6) is 0.340. The van der Waals surface area contributed by atoms with Crippen LogP contribution in [0.4, 0.5) is 0 Å². The van der Waals surface area contributed by atoms with E-state index in [1.807, 2.05) is 6.07 Å². The molecule has 0 N–H and O–H groups in total. The molecule has 22 heavy (non-hydrogen) atoms. The molecule has 1 aliphatic heterocycles. The van der Waals surface area contributed by atoms with E-state index in [2.05, 4.69) is 35.0 Å². The molecule has 1 unspecified atom stereocenters. The number of fused-ring (bicyclic) bond motifs is 1. The van der Waals surface area contributed by atoms with Crippen LogP contribution < -0.4 is 0 Å². The van der Waals surface area contributed by atoms with Gasteiger partial charge in [-0.05, 0) is 50.7 Å². The minimum Gasteiger partial charge on any atom is -0.340 e. The third-order valence-electron chi connectivity index (χ3n) is 4.54. The van der Waals surface area contributed by atoms with Gasteiger partial charge in [0.05, 0.1) is 15.2 Å². The van der Waals surface area contributed by atoms with Crippen LogP contribution in [0.5, 0.6) is 0 Å². The van der Waals surface area contributed by atoms with E-state index < -0.39 is 0 Å². The number of aromatic nitrogens is 1. The van der Waals surface area contributed by atoms with Crippen LogP contribution in [-0.4, -0.2) is 28.4 Å². The molecule has 2 aromatic rings. The van der Waals surface area contributed by atoms with Crippen molar-refractivity contribution in [3.63, 3.8) is 0 Å². The highest BCUT2D eigenvalue weighted by Gasteiger charge is 2.24. The number of amides is 1. The van der Waals surface area contributed by atoms with E-state index in [-0.39, 0.29) is 0 Å². The molecular weight excluding hydrogens is 292 g/mol. The van der Waals surface area contributed by atoms with E-state index in [1.54, 1.807) is 11.3 Å². The highest BCUT2D eigenvalue weighted by Crippen LogP contribution is 2.24.